The van der Waals surface area contributed by atoms with Gasteiger partial charge in [-0.15, -0.1) is 0 Å². The van der Waals surface area contributed by atoms with Crippen molar-refractivity contribution in [3.05, 3.63) is 76.1 Å². The SMILES string of the molecule is CCn1cc(C(=O)NCC[NH+](Cc2ccccc2)C(C)C)c(=O)c2cc(S(=O)(=O)N3CCCC3)ccc21. The molecule has 0 radical (unpaired) electrons. The van der Waals surface area contributed by atoms with Gasteiger partial charge in [0, 0.05) is 36.8 Å². The van der Waals surface area contributed by atoms with Gasteiger partial charge in [0.15, 0.2) is 0 Å². The number of sulfonamides is 1. The largest absolute Gasteiger partial charge is 0.347 e. The molecule has 8 nitrogen and oxygen atoms in total. The normalized spacial score (nSPS) is 15.4. The Bertz CT molecular complexity index is 1410. The van der Waals surface area contributed by atoms with E-state index in [-0.39, 0.29) is 15.8 Å². The number of nitrogens with zero attached hydrogens (tertiary/aromatic N) is 2. The molecule has 1 aromatic heterocycles. The quantitative estimate of drug-likeness (QED) is 0.424. The molecule has 0 bridgehead atoms. The van der Waals surface area contributed by atoms with Crippen LogP contribution in [0.5, 0.6) is 0 Å². The second kappa shape index (κ2) is 11.6. The number of benzene rings is 2. The number of hydrogen-bond acceptors (Lipinski definition) is 4. The standard InChI is InChI=1S/C28H36N4O4S/c1-4-30-20-25(28(34)29-14-17-31(21(2)3)19-22-10-6-5-7-11-22)27(33)24-18-23(12-13-26(24)30)37(35,36)32-15-8-9-16-32/h5-7,10-13,18,20-21H,4,8-9,14-17,19H2,1-3H3,(H,29,34)/p+1. The first-order chi connectivity index (χ1) is 17.7. The molecule has 9 heteroatoms. The van der Waals surface area contributed by atoms with Crippen LogP contribution < -0.4 is 15.6 Å². The first kappa shape index (κ1) is 27.0. The smallest absolute Gasteiger partial charge is 0.256 e. The van der Waals surface area contributed by atoms with Gasteiger partial charge < -0.3 is 14.8 Å². The van der Waals surface area contributed by atoms with Crippen LogP contribution in [0.3, 0.4) is 0 Å². The fraction of sp³-hybridized carbons (Fsp3) is 0.429. The molecule has 37 heavy (non-hydrogen) atoms. The number of quaternary nitrogens is 1. The number of hydrogen-bond donors (Lipinski definition) is 2. The molecule has 1 unspecified atom stereocenters. The number of aromatic nitrogens is 1. The topological polar surface area (TPSA) is 92.9 Å². The highest BCUT2D eigenvalue weighted by Gasteiger charge is 2.28. The van der Waals surface area contributed by atoms with E-state index >= 15 is 0 Å². The summed E-state index contributed by atoms with van der Waals surface area (Å²) in [5, 5.41) is 3.16. The second-order valence-corrected chi connectivity index (χ2v) is 11.9. The zero-order chi connectivity index (χ0) is 26.6. The molecule has 2 aromatic carbocycles. The Kier molecular flexibility index (Phi) is 8.46. The van der Waals surface area contributed by atoms with Crippen LogP contribution in [0.15, 0.2) is 64.4 Å². The summed E-state index contributed by atoms with van der Waals surface area (Å²) in [5.74, 6) is -0.440. The van der Waals surface area contributed by atoms with Crippen LogP contribution in [0, 0.1) is 0 Å². The van der Waals surface area contributed by atoms with E-state index in [4.69, 9.17) is 0 Å². The lowest BCUT2D eigenvalue weighted by Crippen LogP contribution is -3.14. The third-order valence-corrected chi connectivity index (χ3v) is 9.06. The Morgan fingerprint density at radius 2 is 1.78 bits per heavy atom. The molecule has 1 fully saturated rings. The zero-order valence-electron chi connectivity index (χ0n) is 21.9. The lowest BCUT2D eigenvalue weighted by atomic mass is 10.1. The third kappa shape index (κ3) is 5.95. The predicted octanol–water partition coefficient (Wildman–Crippen LogP) is 2.03. The molecule has 1 aliphatic heterocycles. The van der Waals surface area contributed by atoms with Gasteiger partial charge >= 0.3 is 0 Å². The predicted molar refractivity (Wildman–Crippen MR) is 145 cm³/mol. The molecule has 3 aromatic rings. The highest BCUT2D eigenvalue weighted by atomic mass is 32.2. The number of pyridine rings is 1. The van der Waals surface area contributed by atoms with E-state index in [1.54, 1.807) is 18.3 Å². The van der Waals surface area contributed by atoms with Gasteiger partial charge in [0.2, 0.25) is 15.5 Å². The summed E-state index contributed by atoms with van der Waals surface area (Å²) in [4.78, 5) is 27.9. The summed E-state index contributed by atoms with van der Waals surface area (Å²) >= 11 is 0. The van der Waals surface area contributed by atoms with Crippen molar-refractivity contribution in [3.63, 3.8) is 0 Å². The van der Waals surface area contributed by atoms with Gasteiger partial charge in [-0.1, -0.05) is 30.3 Å². The number of nitrogens with one attached hydrogen (secondary N) is 2. The van der Waals surface area contributed by atoms with Crippen molar-refractivity contribution in [2.45, 2.75) is 57.6 Å². The molecule has 1 aliphatic rings. The highest BCUT2D eigenvalue weighted by Crippen LogP contribution is 2.24. The van der Waals surface area contributed by atoms with E-state index in [0.29, 0.717) is 44.3 Å². The Morgan fingerprint density at radius 3 is 2.43 bits per heavy atom. The lowest BCUT2D eigenvalue weighted by molar-refractivity contribution is -0.933. The van der Waals surface area contributed by atoms with Crippen molar-refractivity contribution < 1.29 is 18.1 Å². The summed E-state index contributed by atoms with van der Waals surface area (Å²) in [6.45, 7) is 9.72. The number of aryl methyl sites for hydroxylation is 1. The van der Waals surface area contributed by atoms with Gasteiger partial charge in [0.25, 0.3) is 5.91 Å². The van der Waals surface area contributed by atoms with Crippen LogP contribution in [0.25, 0.3) is 10.9 Å². The van der Waals surface area contributed by atoms with Crippen molar-refractivity contribution in [3.8, 4) is 0 Å². The van der Waals surface area contributed by atoms with Gasteiger partial charge in [0.1, 0.15) is 12.1 Å². The van der Waals surface area contributed by atoms with Crippen LogP contribution in [0.1, 0.15) is 49.5 Å². The molecule has 1 atom stereocenters. The van der Waals surface area contributed by atoms with Gasteiger partial charge in [0.05, 0.1) is 29.5 Å². The van der Waals surface area contributed by atoms with E-state index < -0.39 is 21.4 Å². The van der Waals surface area contributed by atoms with E-state index in [0.717, 1.165) is 19.4 Å². The fourth-order valence-electron chi connectivity index (χ4n) is 4.91. The molecule has 2 heterocycles. The summed E-state index contributed by atoms with van der Waals surface area (Å²) in [5.41, 5.74) is 1.42. The molecule has 0 spiro atoms. The maximum absolute atomic E-state index is 13.4. The molecule has 4 rings (SSSR count). The van der Waals surface area contributed by atoms with Crippen LogP contribution in [0.4, 0.5) is 0 Å². The van der Waals surface area contributed by atoms with Crippen molar-refractivity contribution in [1.82, 2.24) is 14.2 Å². The molecule has 0 saturated carbocycles. The van der Waals surface area contributed by atoms with Gasteiger partial charge in [-0.25, -0.2) is 8.42 Å². The number of rotatable bonds is 10. The highest BCUT2D eigenvalue weighted by molar-refractivity contribution is 7.89. The van der Waals surface area contributed by atoms with Gasteiger partial charge in [-0.3, -0.25) is 9.59 Å². The number of fused-ring (bicyclic) bond motifs is 1. The zero-order valence-corrected chi connectivity index (χ0v) is 22.7. The summed E-state index contributed by atoms with van der Waals surface area (Å²) in [6, 6.07) is 15.3. The Balaban J connectivity index is 1.56. The van der Waals surface area contributed by atoms with Crippen LogP contribution in [-0.4, -0.2) is 55.4 Å². The monoisotopic (exact) mass is 525 g/mol. The van der Waals surface area contributed by atoms with Crippen LogP contribution in [0.2, 0.25) is 0 Å². The average Bonchev–Trinajstić information content (AvgIpc) is 3.45. The Hall–Kier alpha value is -3.01. The molecular weight excluding hydrogens is 488 g/mol. The van der Waals surface area contributed by atoms with Gasteiger partial charge in [-0.2, -0.15) is 4.31 Å². The minimum atomic E-state index is -3.68. The summed E-state index contributed by atoms with van der Waals surface area (Å²) < 4.78 is 29.5. The van der Waals surface area contributed by atoms with Gasteiger partial charge in [-0.05, 0) is 51.8 Å². The maximum atomic E-state index is 13.4. The minimum Gasteiger partial charge on any atom is -0.347 e. The maximum Gasteiger partial charge on any atom is 0.256 e. The van der Waals surface area contributed by atoms with Crippen LogP contribution in [-0.2, 0) is 23.1 Å². The molecule has 198 valence electrons. The molecule has 1 amide bonds. The Morgan fingerprint density at radius 1 is 1.08 bits per heavy atom. The number of carbonyl (C=O) groups is 1. The number of carbonyl (C=O) groups excluding carboxylic acids is 1. The van der Waals surface area contributed by atoms with E-state index in [1.807, 2.05) is 29.7 Å². The third-order valence-electron chi connectivity index (χ3n) is 7.16. The molecule has 2 N–H and O–H groups in total. The van der Waals surface area contributed by atoms with E-state index in [1.165, 1.54) is 20.8 Å². The second-order valence-electron chi connectivity index (χ2n) is 9.93. The van der Waals surface area contributed by atoms with Crippen molar-refractivity contribution in [2.24, 2.45) is 0 Å². The first-order valence-corrected chi connectivity index (χ1v) is 14.5. The van der Waals surface area contributed by atoms with E-state index in [9.17, 15) is 18.0 Å². The molecule has 0 aliphatic carbocycles. The summed E-state index contributed by atoms with van der Waals surface area (Å²) in [6.07, 6.45) is 3.24. The summed E-state index contributed by atoms with van der Waals surface area (Å²) in [7, 11) is -3.68. The number of amides is 1. The fourth-order valence-corrected chi connectivity index (χ4v) is 6.45. The lowest BCUT2D eigenvalue weighted by Gasteiger charge is -2.23. The molecular formula is C28H37N4O4S+. The minimum absolute atomic E-state index is 0.0271. The van der Waals surface area contributed by atoms with Crippen molar-refractivity contribution in [2.75, 3.05) is 26.2 Å². The first-order valence-electron chi connectivity index (χ1n) is 13.1. The van der Waals surface area contributed by atoms with Crippen molar-refractivity contribution in [1.29, 1.82) is 0 Å². The average molecular weight is 526 g/mol. The van der Waals surface area contributed by atoms with Crippen LogP contribution >= 0.6 is 0 Å². The Labute approximate surface area is 218 Å². The van der Waals surface area contributed by atoms with E-state index in [2.05, 4.69) is 31.3 Å². The van der Waals surface area contributed by atoms with Crippen molar-refractivity contribution >= 4 is 26.8 Å². The molecule has 1 saturated heterocycles.